The first kappa shape index (κ1) is 24.5. The van der Waals surface area contributed by atoms with Gasteiger partial charge in [-0.1, -0.05) is 12.1 Å². The predicted octanol–water partition coefficient (Wildman–Crippen LogP) is 5.89. The number of anilines is 3. The molecule has 0 aliphatic carbocycles. The number of ether oxygens (including phenoxy) is 1. The second-order valence-corrected chi connectivity index (χ2v) is 9.65. The Labute approximate surface area is 215 Å². The summed E-state index contributed by atoms with van der Waals surface area (Å²) >= 11 is 6.78. The number of aromatic hydroxyl groups is 1. The summed E-state index contributed by atoms with van der Waals surface area (Å²) < 4.78 is 6.68. The quantitative estimate of drug-likeness (QED) is 0.344. The Balaban J connectivity index is 1.63. The van der Waals surface area contributed by atoms with Crippen LogP contribution in [0.25, 0.3) is 0 Å². The van der Waals surface area contributed by atoms with Gasteiger partial charge in [0.15, 0.2) is 0 Å². The maximum absolute atomic E-state index is 10.1. The molecule has 34 heavy (non-hydrogen) atoms. The van der Waals surface area contributed by atoms with E-state index in [4.69, 9.17) is 4.74 Å². The van der Waals surface area contributed by atoms with Gasteiger partial charge in [0.25, 0.3) is 5.95 Å². The number of hydrogen-bond donors (Lipinski definition) is 2. The number of hydrogen-bond acceptors (Lipinski definition) is 9. The van der Waals surface area contributed by atoms with Crippen molar-refractivity contribution < 1.29 is 9.84 Å². The zero-order valence-electron chi connectivity index (χ0n) is 19.1. The van der Waals surface area contributed by atoms with Crippen LogP contribution in [-0.4, -0.2) is 46.4 Å². The predicted molar refractivity (Wildman–Crippen MR) is 139 cm³/mol. The van der Waals surface area contributed by atoms with E-state index in [1.54, 1.807) is 0 Å². The fourth-order valence-corrected chi connectivity index (χ4v) is 4.65. The molecule has 1 fully saturated rings. The molecule has 1 aliphatic heterocycles. The van der Waals surface area contributed by atoms with Crippen LogP contribution in [0.15, 0.2) is 43.4 Å². The molecule has 0 unspecified atom stereocenters. The minimum Gasteiger partial charge on any atom is -0.506 e. The highest BCUT2D eigenvalue weighted by atomic mass is 79.9. The molecule has 0 spiro atoms. The first-order valence-electron chi connectivity index (χ1n) is 10.8. The van der Waals surface area contributed by atoms with Crippen molar-refractivity contribution in [3.8, 4) is 5.75 Å². The summed E-state index contributed by atoms with van der Waals surface area (Å²) in [7, 11) is 0. The van der Waals surface area contributed by atoms with Crippen molar-refractivity contribution >= 4 is 55.4 Å². The van der Waals surface area contributed by atoms with Crippen LogP contribution in [0.5, 0.6) is 5.75 Å². The molecule has 1 aliphatic rings. The van der Waals surface area contributed by atoms with Crippen LogP contribution in [0.1, 0.15) is 22.3 Å². The van der Waals surface area contributed by atoms with Gasteiger partial charge in [0.2, 0.25) is 11.9 Å². The number of aryl methyl sites for hydroxylation is 2. The summed E-state index contributed by atoms with van der Waals surface area (Å²) in [5, 5.41) is 22.0. The summed E-state index contributed by atoms with van der Waals surface area (Å²) in [4.78, 5) is 15.7. The van der Waals surface area contributed by atoms with E-state index in [0.29, 0.717) is 53.7 Å². The van der Waals surface area contributed by atoms with Crippen molar-refractivity contribution in [3.63, 3.8) is 0 Å². The van der Waals surface area contributed by atoms with Gasteiger partial charge < -0.3 is 20.1 Å². The van der Waals surface area contributed by atoms with E-state index in [-0.39, 0.29) is 11.7 Å². The number of halogens is 2. The molecule has 2 aromatic carbocycles. The van der Waals surface area contributed by atoms with Crippen LogP contribution in [0.3, 0.4) is 0 Å². The van der Waals surface area contributed by atoms with Crippen LogP contribution in [0, 0.1) is 20.8 Å². The Kier molecular flexibility index (Phi) is 7.74. The Morgan fingerprint density at radius 1 is 1.09 bits per heavy atom. The summed E-state index contributed by atoms with van der Waals surface area (Å²) in [5.74, 6) is 1.32. The zero-order valence-corrected chi connectivity index (χ0v) is 22.3. The zero-order chi connectivity index (χ0) is 24.2. The van der Waals surface area contributed by atoms with E-state index < -0.39 is 0 Å². The van der Waals surface area contributed by atoms with E-state index in [9.17, 15) is 5.11 Å². The van der Waals surface area contributed by atoms with E-state index in [0.717, 1.165) is 27.9 Å². The molecule has 2 N–H and O–H groups in total. The fourth-order valence-electron chi connectivity index (χ4n) is 3.44. The molecule has 1 saturated heterocycles. The van der Waals surface area contributed by atoms with Crippen molar-refractivity contribution in [2.45, 2.75) is 27.3 Å². The normalized spacial score (nSPS) is 14.1. The number of azo groups is 1. The molecular weight excluding hydrogens is 566 g/mol. The Bertz CT molecular complexity index is 1230. The summed E-state index contributed by atoms with van der Waals surface area (Å²) in [6.45, 7) is 8.91. The lowest BCUT2D eigenvalue weighted by molar-refractivity contribution is 0.122. The van der Waals surface area contributed by atoms with Crippen LogP contribution in [0.4, 0.5) is 23.5 Å². The second kappa shape index (κ2) is 10.7. The van der Waals surface area contributed by atoms with E-state index >= 15 is 0 Å². The van der Waals surface area contributed by atoms with Crippen LogP contribution in [-0.2, 0) is 11.3 Å². The van der Waals surface area contributed by atoms with Crippen LogP contribution >= 0.6 is 31.9 Å². The standard InChI is InChI=1S/C23H25Br2N7O2/c1-13-4-5-14(2)18(10-13)27-21-28-22(30-23(29-21)32-6-8-34-9-7-32)31-26-12-16-11-17(24)20(33)19(25)15(16)3/h4-5,10-11,33H,6-9,12H2,1-3H3,(H,27,28,29,30). The Morgan fingerprint density at radius 2 is 1.85 bits per heavy atom. The number of phenols is 1. The SMILES string of the molecule is Cc1ccc(C)c(Nc2nc(N=NCc3cc(Br)c(O)c(Br)c3C)nc(N3CCOCC3)n2)c1. The van der Waals surface area contributed by atoms with Gasteiger partial charge >= 0.3 is 0 Å². The smallest absolute Gasteiger partial charge is 0.275 e. The molecule has 1 aromatic heterocycles. The molecule has 0 saturated carbocycles. The Hall–Kier alpha value is -2.63. The van der Waals surface area contributed by atoms with Gasteiger partial charge in [-0.3, -0.25) is 0 Å². The Morgan fingerprint density at radius 3 is 2.62 bits per heavy atom. The average molecular weight is 591 g/mol. The topological polar surface area (TPSA) is 108 Å². The van der Waals surface area contributed by atoms with Gasteiger partial charge in [-0.25, -0.2) is 0 Å². The molecule has 2 heterocycles. The first-order chi connectivity index (χ1) is 16.3. The molecule has 11 heteroatoms. The van der Waals surface area contributed by atoms with Gasteiger partial charge in [0, 0.05) is 18.8 Å². The first-order valence-corrected chi connectivity index (χ1v) is 12.4. The minimum atomic E-state index is 0.160. The lowest BCUT2D eigenvalue weighted by Crippen LogP contribution is -2.37. The fraction of sp³-hybridized carbons (Fsp3) is 0.348. The van der Waals surface area contributed by atoms with Gasteiger partial charge in [0.1, 0.15) is 5.75 Å². The highest BCUT2D eigenvalue weighted by Crippen LogP contribution is 2.37. The highest BCUT2D eigenvalue weighted by Gasteiger charge is 2.17. The average Bonchev–Trinajstić information content (AvgIpc) is 2.83. The summed E-state index contributed by atoms with van der Waals surface area (Å²) in [6.07, 6.45) is 0. The van der Waals surface area contributed by atoms with Gasteiger partial charge in [0.05, 0.1) is 28.7 Å². The molecule has 4 rings (SSSR count). The van der Waals surface area contributed by atoms with Crippen molar-refractivity contribution in [2.75, 3.05) is 36.5 Å². The van der Waals surface area contributed by atoms with Crippen molar-refractivity contribution in [1.82, 2.24) is 15.0 Å². The molecule has 9 nitrogen and oxygen atoms in total. The minimum absolute atomic E-state index is 0.160. The highest BCUT2D eigenvalue weighted by molar-refractivity contribution is 9.11. The van der Waals surface area contributed by atoms with E-state index in [1.807, 2.05) is 26.8 Å². The molecule has 0 amide bonds. The van der Waals surface area contributed by atoms with Crippen molar-refractivity contribution in [3.05, 3.63) is 55.5 Å². The van der Waals surface area contributed by atoms with Gasteiger partial charge in [-0.2, -0.15) is 20.1 Å². The third kappa shape index (κ3) is 5.70. The summed E-state index contributed by atoms with van der Waals surface area (Å²) in [5.41, 5.74) is 4.95. The number of rotatable bonds is 6. The van der Waals surface area contributed by atoms with Crippen LogP contribution in [0.2, 0.25) is 0 Å². The number of phenolic OH excluding ortho intramolecular Hbond substituents is 1. The van der Waals surface area contributed by atoms with Gasteiger partial charge in [-0.05, 0) is 87.0 Å². The third-order valence-electron chi connectivity index (χ3n) is 5.49. The molecular formula is C23H25Br2N7O2. The lowest BCUT2D eigenvalue weighted by atomic mass is 10.1. The number of nitrogens with one attached hydrogen (secondary N) is 1. The molecule has 3 aromatic rings. The maximum Gasteiger partial charge on any atom is 0.275 e. The summed E-state index contributed by atoms with van der Waals surface area (Å²) in [6, 6.07) is 8.00. The van der Waals surface area contributed by atoms with Crippen LogP contribution < -0.4 is 10.2 Å². The third-order valence-corrected chi connectivity index (χ3v) is 7.07. The number of aromatic nitrogens is 3. The number of nitrogens with zero attached hydrogens (tertiary/aromatic N) is 6. The number of morpholine rings is 1. The second-order valence-electron chi connectivity index (χ2n) is 8.01. The van der Waals surface area contributed by atoms with Crippen molar-refractivity contribution in [1.29, 1.82) is 0 Å². The monoisotopic (exact) mass is 589 g/mol. The lowest BCUT2D eigenvalue weighted by Gasteiger charge is -2.26. The molecule has 0 bridgehead atoms. The molecule has 0 radical (unpaired) electrons. The van der Waals surface area contributed by atoms with Gasteiger partial charge in [-0.15, -0.1) is 5.11 Å². The molecule has 0 atom stereocenters. The largest absolute Gasteiger partial charge is 0.506 e. The van der Waals surface area contributed by atoms with E-state index in [1.165, 1.54) is 0 Å². The number of benzene rings is 2. The van der Waals surface area contributed by atoms with Crippen molar-refractivity contribution in [2.24, 2.45) is 10.2 Å². The maximum atomic E-state index is 10.1. The molecule has 178 valence electrons. The van der Waals surface area contributed by atoms with E-state index in [2.05, 4.69) is 85.5 Å².